The average molecular weight is 530 g/mol. The molecule has 0 heterocycles. The van der Waals surface area contributed by atoms with Gasteiger partial charge in [-0.2, -0.15) is 0 Å². The highest BCUT2D eigenvalue weighted by molar-refractivity contribution is 4.52. The van der Waals surface area contributed by atoms with E-state index in [2.05, 4.69) is 27.8 Å². The van der Waals surface area contributed by atoms with E-state index in [9.17, 15) is 0 Å². The zero-order valence-electron chi connectivity index (χ0n) is 26.0. The summed E-state index contributed by atoms with van der Waals surface area (Å²) in [6.45, 7) is 11.3. The molecule has 2 heteroatoms. The first-order valence-electron chi connectivity index (χ1n) is 17.0. The van der Waals surface area contributed by atoms with Crippen molar-refractivity contribution in [2.75, 3.05) is 26.7 Å². The topological polar surface area (TPSA) is 0 Å². The lowest BCUT2D eigenvalue weighted by Gasteiger charge is -2.35. The number of rotatable bonds is 30. The summed E-state index contributed by atoms with van der Waals surface area (Å²) in [5.74, 6) is 0. The Hall–Kier alpha value is 0.250. The van der Waals surface area contributed by atoms with E-state index < -0.39 is 0 Å². The van der Waals surface area contributed by atoms with E-state index in [4.69, 9.17) is 0 Å². The third-order valence-corrected chi connectivity index (χ3v) is 8.40. The van der Waals surface area contributed by atoms with Crippen LogP contribution >= 0.6 is 0 Å². The maximum absolute atomic E-state index is 2.60. The van der Waals surface area contributed by atoms with Gasteiger partial charge in [0.25, 0.3) is 0 Å². The highest BCUT2D eigenvalue weighted by Crippen LogP contribution is 2.17. The van der Waals surface area contributed by atoms with Crippen LogP contribution in [0.4, 0.5) is 0 Å². The Labute approximate surface area is 237 Å². The summed E-state index contributed by atoms with van der Waals surface area (Å²) in [6.07, 6.45) is 39.3. The minimum Gasteiger partial charge on any atom is -1.00 e. The molecule has 0 aliphatic carbocycles. The standard InChI is InChI=1S/C34H72N.ClH/c1-5-8-11-14-17-20-21-22-25-28-31-34-35(4,32-29-26-23-18-15-12-9-6-2)33-30-27-24-19-16-13-10-7-3;/h5-34H2,1-4H3;1H/q+1;/p-1. The second kappa shape index (κ2) is 31.5. The molecule has 0 aliphatic rings. The van der Waals surface area contributed by atoms with Crippen molar-refractivity contribution in [1.82, 2.24) is 0 Å². The van der Waals surface area contributed by atoms with Gasteiger partial charge in [0.15, 0.2) is 0 Å². The first-order chi connectivity index (χ1) is 17.2. The van der Waals surface area contributed by atoms with Crippen molar-refractivity contribution < 1.29 is 16.9 Å². The Morgan fingerprint density at radius 1 is 0.278 bits per heavy atom. The van der Waals surface area contributed by atoms with Gasteiger partial charge in [-0.1, -0.05) is 156 Å². The normalized spacial score (nSPS) is 11.7. The van der Waals surface area contributed by atoms with E-state index in [0.717, 1.165) is 0 Å². The largest absolute Gasteiger partial charge is 1.00 e. The van der Waals surface area contributed by atoms with Gasteiger partial charge in [-0.25, -0.2) is 0 Å². The van der Waals surface area contributed by atoms with Gasteiger partial charge >= 0.3 is 0 Å². The molecule has 0 aromatic rings. The van der Waals surface area contributed by atoms with E-state index in [-0.39, 0.29) is 12.4 Å². The van der Waals surface area contributed by atoms with Gasteiger partial charge in [0.2, 0.25) is 0 Å². The molecule has 0 unspecified atom stereocenters. The van der Waals surface area contributed by atoms with Gasteiger partial charge in [0.05, 0.1) is 26.7 Å². The van der Waals surface area contributed by atoms with Crippen molar-refractivity contribution >= 4 is 0 Å². The average Bonchev–Trinajstić information content (AvgIpc) is 2.86. The molecule has 0 aliphatic heterocycles. The number of nitrogens with zero attached hydrogens (tertiary/aromatic N) is 1. The van der Waals surface area contributed by atoms with Crippen molar-refractivity contribution in [3.8, 4) is 0 Å². The second-order valence-corrected chi connectivity index (χ2v) is 12.3. The van der Waals surface area contributed by atoms with Crippen molar-refractivity contribution in [2.45, 2.75) is 194 Å². The van der Waals surface area contributed by atoms with Crippen molar-refractivity contribution in [1.29, 1.82) is 0 Å². The summed E-state index contributed by atoms with van der Waals surface area (Å²) in [7, 11) is 2.60. The summed E-state index contributed by atoms with van der Waals surface area (Å²) in [5.41, 5.74) is 0. The molecule has 0 radical (unpaired) electrons. The van der Waals surface area contributed by atoms with Crippen LogP contribution in [0.3, 0.4) is 0 Å². The van der Waals surface area contributed by atoms with Crippen molar-refractivity contribution in [2.24, 2.45) is 0 Å². The Balaban J connectivity index is 0. The second-order valence-electron chi connectivity index (χ2n) is 12.3. The summed E-state index contributed by atoms with van der Waals surface area (Å²) in [4.78, 5) is 0. The smallest absolute Gasteiger partial charge is 0.0784 e. The Morgan fingerprint density at radius 2 is 0.444 bits per heavy atom. The Kier molecular flexibility index (Phi) is 33.6. The van der Waals surface area contributed by atoms with Crippen LogP contribution in [0.5, 0.6) is 0 Å². The fraction of sp³-hybridized carbons (Fsp3) is 1.00. The molecule has 1 nitrogen and oxygen atoms in total. The van der Waals surface area contributed by atoms with Crippen LogP contribution in [0.2, 0.25) is 0 Å². The quantitative estimate of drug-likeness (QED) is 0.0642. The van der Waals surface area contributed by atoms with Crippen molar-refractivity contribution in [3.63, 3.8) is 0 Å². The van der Waals surface area contributed by atoms with Gasteiger partial charge in [0, 0.05) is 0 Å². The SMILES string of the molecule is CCCCCCCCCCCCC[N+](C)(CCCCCCCCCC)CCCCCCCCCC.[Cl-]. The lowest BCUT2D eigenvalue weighted by Crippen LogP contribution is -3.00. The lowest BCUT2D eigenvalue weighted by molar-refractivity contribution is -0.910. The molecule has 0 fully saturated rings. The summed E-state index contributed by atoms with van der Waals surface area (Å²) < 4.78 is 1.36. The van der Waals surface area contributed by atoms with E-state index in [0.29, 0.717) is 0 Å². The minimum absolute atomic E-state index is 0. The summed E-state index contributed by atoms with van der Waals surface area (Å²) in [6, 6.07) is 0. The van der Waals surface area contributed by atoms with Crippen LogP contribution in [0.15, 0.2) is 0 Å². The molecule has 220 valence electrons. The predicted molar refractivity (Wildman–Crippen MR) is 162 cm³/mol. The molecule has 0 bridgehead atoms. The first kappa shape index (κ1) is 38.4. The molecule has 0 amide bonds. The molecular formula is C34H72ClN. The fourth-order valence-electron chi connectivity index (χ4n) is 5.75. The Bertz CT molecular complexity index is 363. The number of halogens is 1. The highest BCUT2D eigenvalue weighted by Gasteiger charge is 2.20. The molecule has 0 N–H and O–H groups in total. The van der Waals surface area contributed by atoms with Gasteiger partial charge in [-0.15, -0.1) is 0 Å². The monoisotopic (exact) mass is 530 g/mol. The number of hydrogen-bond donors (Lipinski definition) is 0. The number of quaternary nitrogens is 1. The maximum Gasteiger partial charge on any atom is 0.0784 e. The molecule has 0 saturated carbocycles. The maximum atomic E-state index is 2.60. The number of unbranched alkanes of at least 4 members (excludes halogenated alkanes) is 24. The van der Waals surface area contributed by atoms with Gasteiger partial charge in [-0.3, -0.25) is 0 Å². The van der Waals surface area contributed by atoms with E-state index >= 15 is 0 Å². The molecule has 0 saturated heterocycles. The summed E-state index contributed by atoms with van der Waals surface area (Å²) in [5, 5.41) is 0. The van der Waals surface area contributed by atoms with Gasteiger partial charge in [0.1, 0.15) is 0 Å². The summed E-state index contributed by atoms with van der Waals surface area (Å²) >= 11 is 0. The zero-order valence-corrected chi connectivity index (χ0v) is 26.8. The lowest BCUT2D eigenvalue weighted by atomic mass is 10.0. The van der Waals surface area contributed by atoms with Crippen LogP contribution in [-0.4, -0.2) is 31.2 Å². The van der Waals surface area contributed by atoms with Gasteiger partial charge in [-0.05, 0) is 38.5 Å². The third-order valence-electron chi connectivity index (χ3n) is 8.40. The highest BCUT2D eigenvalue weighted by atomic mass is 35.5. The molecule has 0 aromatic heterocycles. The van der Waals surface area contributed by atoms with Crippen LogP contribution in [0, 0.1) is 0 Å². The van der Waals surface area contributed by atoms with Crippen molar-refractivity contribution in [3.05, 3.63) is 0 Å². The van der Waals surface area contributed by atoms with E-state index in [1.807, 2.05) is 0 Å². The molecule has 36 heavy (non-hydrogen) atoms. The van der Waals surface area contributed by atoms with E-state index in [1.54, 1.807) is 0 Å². The fourth-order valence-corrected chi connectivity index (χ4v) is 5.75. The zero-order chi connectivity index (χ0) is 25.7. The first-order valence-corrected chi connectivity index (χ1v) is 17.0. The molecule has 0 aromatic carbocycles. The van der Waals surface area contributed by atoms with Crippen LogP contribution < -0.4 is 12.4 Å². The van der Waals surface area contributed by atoms with E-state index in [1.165, 1.54) is 197 Å². The number of hydrogen-bond acceptors (Lipinski definition) is 0. The van der Waals surface area contributed by atoms with Crippen LogP contribution in [-0.2, 0) is 0 Å². The Morgan fingerprint density at radius 3 is 0.639 bits per heavy atom. The molecule has 0 rings (SSSR count). The molecular weight excluding hydrogens is 458 g/mol. The van der Waals surface area contributed by atoms with Crippen LogP contribution in [0.25, 0.3) is 0 Å². The predicted octanol–water partition coefficient (Wildman–Crippen LogP) is 9.03. The minimum atomic E-state index is 0. The third kappa shape index (κ3) is 28.8. The van der Waals surface area contributed by atoms with Gasteiger partial charge < -0.3 is 16.9 Å². The van der Waals surface area contributed by atoms with Crippen LogP contribution in [0.1, 0.15) is 194 Å². The molecule has 0 spiro atoms. The molecule has 0 atom stereocenters.